The summed E-state index contributed by atoms with van der Waals surface area (Å²) in [6.45, 7) is -0.604. The van der Waals surface area contributed by atoms with Gasteiger partial charge in [-0.3, -0.25) is 9.59 Å². The van der Waals surface area contributed by atoms with Gasteiger partial charge in [-0.1, -0.05) is 24.3 Å². The summed E-state index contributed by atoms with van der Waals surface area (Å²) in [5, 5.41) is 19.6. The minimum atomic E-state index is -1.20. The monoisotopic (exact) mass is 540 g/mol. The van der Waals surface area contributed by atoms with Gasteiger partial charge in [0, 0.05) is 12.1 Å². The van der Waals surface area contributed by atoms with Crippen LogP contribution in [0.4, 0.5) is 5.69 Å². The molecule has 0 spiro atoms. The van der Waals surface area contributed by atoms with Gasteiger partial charge in [-0.2, -0.15) is 0 Å². The molecule has 40 heavy (non-hydrogen) atoms. The van der Waals surface area contributed by atoms with Crippen LogP contribution < -0.4 is 16.2 Å². The van der Waals surface area contributed by atoms with Gasteiger partial charge in [-0.15, -0.1) is 0 Å². The molecule has 0 saturated carbocycles. The fourth-order valence-corrected chi connectivity index (χ4v) is 4.01. The molecule has 0 bridgehead atoms. The SMILES string of the molecule is NC(N)=Nc1ccc(C(=O)Oc2ccc3c(C(=O)N(CC(=O)O)Cc4ccc(C(=O)O)cc4)cccc3c2)cc1. The molecule has 11 heteroatoms. The van der Waals surface area contributed by atoms with Crippen LogP contribution in [0.3, 0.4) is 0 Å². The van der Waals surface area contributed by atoms with E-state index in [-0.39, 0.29) is 34.9 Å². The van der Waals surface area contributed by atoms with Gasteiger partial charge in [-0.05, 0) is 77.0 Å². The fraction of sp³-hybridized carbons (Fsp3) is 0.0690. The smallest absolute Gasteiger partial charge is 0.343 e. The van der Waals surface area contributed by atoms with Crippen LogP contribution >= 0.6 is 0 Å². The minimum Gasteiger partial charge on any atom is -0.480 e. The van der Waals surface area contributed by atoms with Crippen molar-refractivity contribution in [3.8, 4) is 5.75 Å². The molecule has 4 aromatic rings. The highest BCUT2D eigenvalue weighted by atomic mass is 16.5. The largest absolute Gasteiger partial charge is 0.480 e. The third kappa shape index (κ3) is 6.58. The van der Waals surface area contributed by atoms with E-state index in [2.05, 4.69) is 4.99 Å². The van der Waals surface area contributed by atoms with E-state index in [0.717, 1.165) is 4.90 Å². The lowest BCUT2D eigenvalue weighted by molar-refractivity contribution is -0.137. The van der Waals surface area contributed by atoms with E-state index in [0.29, 0.717) is 22.0 Å². The number of aliphatic imine (C=N–C) groups is 1. The van der Waals surface area contributed by atoms with Crippen molar-refractivity contribution in [1.82, 2.24) is 4.90 Å². The number of nitrogens with two attached hydrogens (primary N) is 2. The minimum absolute atomic E-state index is 0.0426. The molecule has 4 aromatic carbocycles. The highest BCUT2D eigenvalue weighted by Crippen LogP contribution is 2.26. The summed E-state index contributed by atoms with van der Waals surface area (Å²) in [6, 6.07) is 21.7. The standard InChI is InChI=1S/C29H24N4O7/c30-29(31)32-21-10-8-19(9-11-21)28(39)40-22-12-13-23-20(14-22)2-1-3-24(23)26(36)33(16-25(34)35)15-17-4-6-18(7-5-17)27(37)38/h1-14H,15-16H2,(H,34,35)(H,37,38)(H4,30,31,32). The van der Waals surface area contributed by atoms with E-state index in [1.54, 1.807) is 42.5 Å². The second kappa shape index (κ2) is 11.8. The zero-order valence-electron chi connectivity index (χ0n) is 21.0. The number of amides is 1. The van der Waals surface area contributed by atoms with Crippen molar-refractivity contribution in [1.29, 1.82) is 0 Å². The van der Waals surface area contributed by atoms with Crippen LogP contribution in [0.25, 0.3) is 10.8 Å². The Balaban J connectivity index is 1.56. The van der Waals surface area contributed by atoms with Crippen molar-refractivity contribution >= 4 is 46.2 Å². The number of aliphatic carboxylic acids is 1. The number of nitrogens with zero attached hydrogens (tertiary/aromatic N) is 2. The molecule has 0 aliphatic rings. The average Bonchev–Trinajstić information content (AvgIpc) is 2.92. The molecule has 0 unspecified atom stereocenters. The van der Waals surface area contributed by atoms with E-state index < -0.39 is 30.4 Å². The number of carboxylic acids is 2. The Bertz CT molecular complexity index is 1630. The first-order valence-electron chi connectivity index (χ1n) is 11.9. The van der Waals surface area contributed by atoms with E-state index in [4.69, 9.17) is 21.3 Å². The molecule has 11 nitrogen and oxygen atoms in total. The third-order valence-corrected chi connectivity index (χ3v) is 5.84. The van der Waals surface area contributed by atoms with Crippen LogP contribution in [-0.4, -0.2) is 51.4 Å². The van der Waals surface area contributed by atoms with E-state index >= 15 is 0 Å². The predicted molar refractivity (Wildman–Crippen MR) is 147 cm³/mol. The Hall–Kier alpha value is -5.71. The first-order chi connectivity index (χ1) is 19.1. The number of aromatic carboxylic acids is 1. The van der Waals surface area contributed by atoms with Gasteiger partial charge in [0.1, 0.15) is 12.3 Å². The number of ether oxygens (including phenoxy) is 1. The summed E-state index contributed by atoms with van der Waals surface area (Å²) in [5.41, 5.74) is 12.4. The van der Waals surface area contributed by atoms with Crippen molar-refractivity contribution in [2.24, 2.45) is 16.5 Å². The first kappa shape index (κ1) is 27.3. The van der Waals surface area contributed by atoms with Crippen LogP contribution in [0.15, 0.2) is 89.9 Å². The summed E-state index contributed by atoms with van der Waals surface area (Å²) < 4.78 is 5.50. The topological polar surface area (TPSA) is 186 Å². The summed E-state index contributed by atoms with van der Waals surface area (Å²) in [4.78, 5) is 53.8. The molecular weight excluding hydrogens is 516 g/mol. The average molecular weight is 541 g/mol. The molecule has 4 rings (SSSR count). The molecule has 0 saturated heterocycles. The Labute approximate surface area is 227 Å². The number of esters is 1. The maximum atomic E-state index is 13.5. The summed E-state index contributed by atoms with van der Waals surface area (Å²) in [5.74, 6) is -3.28. The molecule has 0 atom stereocenters. The zero-order valence-corrected chi connectivity index (χ0v) is 21.0. The van der Waals surface area contributed by atoms with Crippen molar-refractivity contribution < 1.29 is 34.1 Å². The molecule has 0 aromatic heterocycles. The lowest BCUT2D eigenvalue weighted by atomic mass is 10.0. The van der Waals surface area contributed by atoms with E-state index in [1.807, 2.05) is 0 Å². The molecule has 6 N–H and O–H groups in total. The maximum Gasteiger partial charge on any atom is 0.343 e. The normalized spacial score (nSPS) is 10.5. The van der Waals surface area contributed by atoms with Gasteiger partial charge in [0.15, 0.2) is 5.96 Å². The van der Waals surface area contributed by atoms with Gasteiger partial charge in [0.25, 0.3) is 5.91 Å². The Morgan fingerprint density at radius 1 is 0.825 bits per heavy atom. The third-order valence-electron chi connectivity index (χ3n) is 5.84. The van der Waals surface area contributed by atoms with Crippen molar-refractivity contribution in [3.63, 3.8) is 0 Å². The van der Waals surface area contributed by atoms with Crippen LogP contribution in [0.5, 0.6) is 5.75 Å². The Kier molecular flexibility index (Phi) is 8.05. The predicted octanol–water partition coefficient (Wildman–Crippen LogP) is 3.39. The lowest BCUT2D eigenvalue weighted by Gasteiger charge is -2.22. The number of carbonyl (C=O) groups excluding carboxylic acids is 2. The summed E-state index contributed by atoms with van der Waals surface area (Å²) >= 11 is 0. The Morgan fingerprint density at radius 2 is 1.50 bits per heavy atom. The summed E-state index contributed by atoms with van der Waals surface area (Å²) in [6.07, 6.45) is 0. The van der Waals surface area contributed by atoms with E-state index in [1.165, 1.54) is 42.5 Å². The second-order valence-corrected chi connectivity index (χ2v) is 8.72. The van der Waals surface area contributed by atoms with Gasteiger partial charge >= 0.3 is 17.9 Å². The van der Waals surface area contributed by atoms with Crippen molar-refractivity contribution in [3.05, 3.63) is 107 Å². The van der Waals surface area contributed by atoms with E-state index in [9.17, 15) is 24.3 Å². The summed E-state index contributed by atoms with van der Waals surface area (Å²) in [7, 11) is 0. The Morgan fingerprint density at radius 3 is 2.12 bits per heavy atom. The molecular formula is C29H24N4O7. The first-order valence-corrected chi connectivity index (χ1v) is 11.9. The molecule has 202 valence electrons. The number of rotatable bonds is 9. The molecule has 0 radical (unpaired) electrons. The van der Waals surface area contributed by atoms with Crippen LogP contribution in [0.2, 0.25) is 0 Å². The van der Waals surface area contributed by atoms with Gasteiger partial charge in [-0.25, -0.2) is 14.6 Å². The van der Waals surface area contributed by atoms with Gasteiger partial charge in [0.2, 0.25) is 0 Å². The number of hydrogen-bond acceptors (Lipinski definition) is 6. The molecule has 0 heterocycles. The zero-order chi connectivity index (χ0) is 28.8. The molecule has 0 fully saturated rings. The fourth-order valence-electron chi connectivity index (χ4n) is 4.01. The van der Waals surface area contributed by atoms with Crippen molar-refractivity contribution in [2.45, 2.75) is 6.54 Å². The molecule has 1 amide bonds. The van der Waals surface area contributed by atoms with Gasteiger partial charge in [0.05, 0.1) is 16.8 Å². The number of carbonyl (C=O) groups is 4. The quantitative estimate of drug-likeness (QED) is 0.107. The molecule has 0 aliphatic carbocycles. The maximum absolute atomic E-state index is 13.5. The van der Waals surface area contributed by atoms with Crippen LogP contribution in [0.1, 0.15) is 36.6 Å². The highest BCUT2D eigenvalue weighted by molar-refractivity contribution is 6.08. The second-order valence-electron chi connectivity index (χ2n) is 8.72. The number of fused-ring (bicyclic) bond motifs is 1. The lowest BCUT2D eigenvalue weighted by Crippen LogP contribution is -2.35. The highest BCUT2D eigenvalue weighted by Gasteiger charge is 2.21. The van der Waals surface area contributed by atoms with Crippen LogP contribution in [0, 0.1) is 0 Å². The van der Waals surface area contributed by atoms with Crippen LogP contribution in [-0.2, 0) is 11.3 Å². The molecule has 0 aliphatic heterocycles. The number of benzene rings is 4. The van der Waals surface area contributed by atoms with Crippen molar-refractivity contribution in [2.75, 3.05) is 6.54 Å². The number of guanidine groups is 1. The van der Waals surface area contributed by atoms with Gasteiger partial charge < -0.3 is 31.3 Å². The number of hydrogen-bond donors (Lipinski definition) is 4. The number of carboxylic acid groups (broad SMARTS) is 2.